The first-order valence-electron chi connectivity index (χ1n) is 5.71. The second-order valence-electron chi connectivity index (χ2n) is 4.07. The summed E-state index contributed by atoms with van der Waals surface area (Å²) in [7, 11) is -0.363. The molecule has 0 amide bonds. The Morgan fingerprint density at radius 1 is 1.05 bits per heavy atom. The topological polar surface area (TPSA) is 78.4 Å². The molecule has 6 nitrogen and oxygen atoms in total. The van der Waals surface area contributed by atoms with Crippen LogP contribution in [0, 0.1) is 0 Å². The first-order chi connectivity index (χ1) is 9.45. The van der Waals surface area contributed by atoms with E-state index in [1.54, 1.807) is 31.4 Å². The monoisotopic (exact) mass is 294 g/mol. The summed E-state index contributed by atoms with van der Waals surface area (Å²) in [5.41, 5.74) is 1.22. The fourth-order valence-electron chi connectivity index (χ4n) is 1.68. The van der Waals surface area contributed by atoms with Crippen LogP contribution in [0.25, 0.3) is 11.3 Å². The number of methoxy groups -OCH3 is 2. The number of hydrogen-bond donors (Lipinski definition) is 0. The Labute approximate surface area is 117 Å². The van der Waals surface area contributed by atoms with E-state index in [2.05, 4.69) is 9.97 Å². The molecule has 0 spiro atoms. The van der Waals surface area contributed by atoms with Crippen LogP contribution in [-0.4, -0.2) is 38.9 Å². The molecule has 106 valence electrons. The van der Waals surface area contributed by atoms with Crippen molar-refractivity contribution < 1.29 is 17.9 Å². The summed E-state index contributed by atoms with van der Waals surface area (Å²) in [6.45, 7) is 0. The van der Waals surface area contributed by atoms with Gasteiger partial charge in [0.2, 0.25) is 15.0 Å². The Hall–Kier alpha value is -2.15. The van der Waals surface area contributed by atoms with Crippen LogP contribution in [0.1, 0.15) is 0 Å². The van der Waals surface area contributed by atoms with Gasteiger partial charge in [-0.15, -0.1) is 0 Å². The molecule has 0 bridgehead atoms. The Morgan fingerprint density at radius 2 is 1.75 bits per heavy atom. The van der Waals surface area contributed by atoms with Crippen LogP contribution in [0.5, 0.6) is 11.5 Å². The molecule has 0 saturated heterocycles. The molecule has 2 aromatic rings. The lowest BCUT2D eigenvalue weighted by atomic mass is 10.1. The van der Waals surface area contributed by atoms with Gasteiger partial charge in [0.05, 0.1) is 19.9 Å². The molecule has 1 heterocycles. The molecule has 0 saturated carbocycles. The van der Waals surface area contributed by atoms with Crippen molar-refractivity contribution in [1.29, 1.82) is 0 Å². The zero-order valence-electron chi connectivity index (χ0n) is 11.3. The van der Waals surface area contributed by atoms with Gasteiger partial charge in [0.1, 0.15) is 0 Å². The smallest absolute Gasteiger partial charge is 0.247 e. The van der Waals surface area contributed by atoms with E-state index in [1.165, 1.54) is 13.3 Å². The molecule has 0 radical (unpaired) electrons. The summed E-state index contributed by atoms with van der Waals surface area (Å²) < 4.78 is 33.3. The minimum absolute atomic E-state index is 0.204. The lowest BCUT2D eigenvalue weighted by molar-refractivity contribution is 0.355. The standard InChI is InChI=1S/C13H14N2O4S/c1-18-11-5-4-9(8-12(11)19-2)10-6-7-14-13(15-10)20(3,16)17/h4-8H,1-3H3. The van der Waals surface area contributed by atoms with Gasteiger partial charge in [-0.1, -0.05) is 0 Å². The van der Waals surface area contributed by atoms with Crippen molar-refractivity contribution in [3.63, 3.8) is 0 Å². The highest BCUT2D eigenvalue weighted by molar-refractivity contribution is 7.90. The maximum Gasteiger partial charge on any atom is 0.247 e. The van der Waals surface area contributed by atoms with Gasteiger partial charge in [0, 0.05) is 18.0 Å². The highest BCUT2D eigenvalue weighted by Gasteiger charge is 2.13. The van der Waals surface area contributed by atoms with Crippen molar-refractivity contribution in [3.8, 4) is 22.8 Å². The minimum Gasteiger partial charge on any atom is -0.493 e. The average molecular weight is 294 g/mol. The number of hydrogen-bond acceptors (Lipinski definition) is 6. The number of sulfone groups is 1. The molecule has 0 unspecified atom stereocenters. The van der Waals surface area contributed by atoms with E-state index in [1.807, 2.05) is 0 Å². The summed E-state index contributed by atoms with van der Waals surface area (Å²) in [5, 5.41) is -0.204. The molecule has 0 fully saturated rings. The Morgan fingerprint density at radius 3 is 2.35 bits per heavy atom. The number of aromatic nitrogens is 2. The maximum absolute atomic E-state index is 11.5. The third-order valence-corrected chi connectivity index (χ3v) is 3.50. The van der Waals surface area contributed by atoms with Crippen molar-refractivity contribution in [3.05, 3.63) is 30.5 Å². The number of benzene rings is 1. The molecule has 0 aliphatic carbocycles. The van der Waals surface area contributed by atoms with Crippen LogP contribution >= 0.6 is 0 Å². The van der Waals surface area contributed by atoms with Gasteiger partial charge in [-0.2, -0.15) is 0 Å². The molecular weight excluding hydrogens is 280 g/mol. The zero-order chi connectivity index (χ0) is 14.8. The molecule has 1 aromatic heterocycles. The second-order valence-corrected chi connectivity index (χ2v) is 5.98. The predicted octanol–water partition coefficient (Wildman–Crippen LogP) is 1.56. The largest absolute Gasteiger partial charge is 0.493 e. The summed E-state index contributed by atoms with van der Waals surface area (Å²) in [6, 6.07) is 6.87. The highest BCUT2D eigenvalue weighted by Crippen LogP contribution is 2.31. The predicted molar refractivity (Wildman–Crippen MR) is 73.7 cm³/mol. The van der Waals surface area contributed by atoms with Gasteiger partial charge in [-0.3, -0.25) is 0 Å². The molecule has 0 aliphatic heterocycles. The van der Waals surface area contributed by atoms with Gasteiger partial charge in [-0.05, 0) is 24.3 Å². The van der Waals surface area contributed by atoms with E-state index in [0.717, 1.165) is 11.8 Å². The molecule has 7 heteroatoms. The summed E-state index contributed by atoms with van der Waals surface area (Å²) >= 11 is 0. The van der Waals surface area contributed by atoms with Crippen LogP contribution in [0.15, 0.2) is 35.6 Å². The highest BCUT2D eigenvalue weighted by atomic mass is 32.2. The average Bonchev–Trinajstić information content (AvgIpc) is 2.45. The molecule has 0 aliphatic rings. The lowest BCUT2D eigenvalue weighted by Gasteiger charge is -2.09. The molecular formula is C13H14N2O4S. The summed E-state index contributed by atoms with van der Waals surface area (Å²) in [5.74, 6) is 1.14. The van der Waals surface area contributed by atoms with Gasteiger partial charge in [0.15, 0.2) is 11.5 Å². The van der Waals surface area contributed by atoms with Crippen molar-refractivity contribution in [2.24, 2.45) is 0 Å². The van der Waals surface area contributed by atoms with Gasteiger partial charge in [0.25, 0.3) is 0 Å². The van der Waals surface area contributed by atoms with Gasteiger partial charge in [-0.25, -0.2) is 18.4 Å². The molecule has 0 N–H and O–H groups in total. The van der Waals surface area contributed by atoms with Crippen molar-refractivity contribution in [2.45, 2.75) is 5.16 Å². The Bertz CT molecular complexity index is 729. The fraction of sp³-hybridized carbons (Fsp3) is 0.231. The Balaban J connectivity index is 2.52. The van der Waals surface area contributed by atoms with Crippen LogP contribution in [0.3, 0.4) is 0 Å². The quantitative estimate of drug-likeness (QED) is 0.796. The first-order valence-corrected chi connectivity index (χ1v) is 7.60. The third kappa shape index (κ3) is 2.88. The first kappa shape index (κ1) is 14.3. The zero-order valence-corrected chi connectivity index (χ0v) is 12.1. The summed E-state index contributed by atoms with van der Waals surface area (Å²) in [6.07, 6.45) is 2.48. The Kier molecular flexibility index (Phi) is 3.89. The van der Waals surface area contributed by atoms with E-state index >= 15 is 0 Å². The molecule has 0 atom stereocenters. The number of ether oxygens (including phenoxy) is 2. The van der Waals surface area contributed by atoms with Gasteiger partial charge >= 0.3 is 0 Å². The number of rotatable bonds is 4. The SMILES string of the molecule is COc1ccc(-c2ccnc(S(C)(=O)=O)n2)cc1OC. The van der Waals surface area contributed by atoms with Gasteiger partial charge < -0.3 is 9.47 Å². The third-order valence-electron chi connectivity index (χ3n) is 2.64. The van der Waals surface area contributed by atoms with E-state index in [9.17, 15) is 8.42 Å². The van der Waals surface area contributed by atoms with Crippen LogP contribution in [0.2, 0.25) is 0 Å². The number of nitrogens with zero attached hydrogens (tertiary/aromatic N) is 2. The van der Waals surface area contributed by atoms with E-state index in [0.29, 0.717) is 17.2 Å². The van der Waals surface area contributed by atoms with Crippen molar-refractivity contribution in [1.82, 2.24) is 9.97 Å². The van der Waals surface area contributed by atoms with E-state index < -0.39 is 9.84 Å². The van der Waals surface area contributed by atoms with E-state index in [-0.39, 0.29) is 5.16 Å². The van der Waals surface area contributed by atoms with E-state index in [4.69, 9.17) is 9.47 Å². The summed E-state index contributed by atoms with van der Waals surface area (Å²) in [4.78, 5) is 7.81. The molecule has 20 heavy (non-hydrogen) atoms. The molecule has 1 aromatic carbocycles. The van der Waals surface area contributed by atoms with Crippen molar-refractivity contribution >= 4 is 9.84 Å². The van der Waals surface area contributed by atoms with Crippen molar-refractivity contribution in [2.75, 3.05) is 20.5 Å². The lowest BCUT2D eigenvalue weighted by Crippen LogP contribution is -2.04. The fourth-order valence-corrected chi connectivity index (χ4v) is 2.19. The maximum atomic E-state index is 11.5. The second kappa shape index (κ2) is 5.46. The normalized spacial score (nSPS) is 11.2. The minimum atomic E-state index is -3.44. The van der Waals surface area contributed by atoms with Crippen LogP contribution in [0.4, 0.5) is 0 Å². The van der Waals surface area contributed by atoms with Crippen LogP contribution < -0.4 is 9.47 Å². The van der Waals surface area contributed by atoms with Crippen LogP contribution in [-0.2, 0) is 9.84 Å². The molecule has 2 rings (SSSR count).